The van der Waals surface area contributed by atoms with Gasteiger partial charge in [-0.1, -0.05) is 39.0 Å². The van der Waals surface area contributed by atoms with Gasteiger partial charge in [-0.15, -0.1) is 0 Å². The predicted molar refractivity (Wildman–Crippen MR) is 78.6 cm³/mol. The normalized spacial score (nSPS) is 10.5. The number of ether oxygens (including phenoxy) is 2. The minimum atomic E-state index is -0.364. The van der Waals surface area contributed by atoms with Gasteiger partial charge in [0.2, 0.25) is 0 Å². The van der Waals surface area contributed by atoms with Crippen molar-refractivity contribution in [3.8, 4) is 0 Å². The quantitative estimate of drug-likeness (QED) is 0.483. The van der Waals surface area contributed by atoms with E-state index in [9.17, 15) is 4.79 Å². The highest BCUT2D eigenvalue weighted by atomic mass is 16.5. The lowest BCUT2D eigenvalue weighted by atomic mass is 10.1. The van der Waals surface area contributed by atoms with E-state index in [1.807, 2.05) is 0 Å². The van der Waals surface area contributed by atoms with Crippen molar-refractivity contribution >= 4 is 5.97 Å². The first kappa shape index (κ1) is 16.6. The van der Waals surface area contributed by atoms with Crippen LogP contribution in [0, 0.1) is 0 Å². The summed E-state index contributed by atoms with van der Waals surface area (Å²) in [6, 6.07) is 3.51. The summed E-state index contributed by atoms with van der Waals surface area (Å²) in [5.41, 5.74) is 1.30. The fourth-order valence-electron chi connectivity index (χ4n) is 1.91. The van der Waals surface area contributed by atoms with E-state index < -0.39 is 0 Å². The summed E-state index contributed by atoms with van der Waals surface area (Å²) < 4.78 is 10.2. The number of pyridine rings is 1. The van der Waals surface area contributed by atoms with Gasteiger partial charge in [0, 0.05) is 12.8 Å². The molecule has 1 aromatic rings. The van der Waals surface area contributed by atoms with Crippen molar-refractivity contribution in [3.05, 3.63) is 29.6 Å². The summed E-state index contributed by atoms with van der Waals surface area (Å²) >= 11 is 0. The number of rotatable bonds is 10. The Hall–Kier alpha value is -1.42. The molecule has 4 heteroatoms. The molecule has 0 aromatic carbocycles. The van der Waals surface area contributed by atoms with Crippen LogP contribution < -0.4 is 0 Å². The monoisotopic (exact) mass is 279 g/mol. The summed E-state index contributed by atoms with van der Waals surface area (Å²) in [6.07, 6.45) is 9.09. The van der Waals surface area contributed by atoms with Crippen LogP contribution in [-0.2, 0) is 16.1 Å². The van der Waals surface area contributed by atoms with Crippen LogP contribution >= 0.6 is 0 Å². The lowest BCUT2D eigenvalue weighted by Crippen LogP contribution is -2.03. The summed E-state index contributed by atoms with van der Waals surface area (Å²) in [5, 5.41) is 0. The third-order valence-electron chi connectivity index (χ3n) is 3.14. The minimum Gasteiger partial charge on any atom is -0.465 e. The molecule has 1 rings (SSSR count). The minimum absolute atomic E-state index is 0.364. The van der Waals surface area contributed by atoms with Crippen LogP contribution in [0.5, 0.6) is 0 Å². The van der Waals surface area contributed by atoms with E-state index in [1.54, 1.807) is 12.1 Å². The Balaban J connectivity index is 2.11. The fourth-order valence-corrected chi connectivity index (χ4v) is 1.91. The van der Waals surface area contributed by atoms with Gasteiger partial charge in [0.1, 0.15) is 0 Å². The fraction of sp³-hybridized carbons (Fsp3) is 0.625. The van der Waals surface area contributed by atoms with Crippen molar-refractivity contribution in [1.29, 1.82) is 0 Å². The largest absolute Gasteiger partial charge is 0.465 e. The van der Waals surface area contributed by atoms with Gasteiger partial charge in [-0.3, -0.25) is 4.98 Å². The van der Waals surface area contributed by atoms with Gasteiger partial charge in [-0.05, 0) is 18.6 Å². The molecule has 0 spiro atoms. The Bertz CT molecular complexity index is 376. The third kappa shape index (κ3) is 6.66. The van der Waals surface area contributed by atoms with Crippen LogP contribution in [-0.4, -0.2) is 24.7 Å². The lowest BCUT2D eigenvalue weighted by Gasteiger charge is -2.05. The first-order valence-corrected chi connectivity index (χ1v) is 7.39. The topological polar surface area (TPSA) is 48.4 Å². The van der Waals surface area contributed by atoms with Crippen LogP contribution in [0.3, 0.4) is 0 Å². The maximum atomic E-state index is 11.2. The Kier molecular flexibility index (Phi) is 8.63. The van der Waals surface area contributed by atoms with Crippen molar-refractivity contribution < 1.29 is 14.3 Å². The van der Waals surface area contributed by atoms with Crippen molar-refractivity contribution in [1.82, 2.24) is 4.98 Å². The van der Waals surface area contributed by atoms with E-state index in [1.165, 1.54) is 45.4 Å². The van der Waals surface area contributed by atoms with E-state index in [2.05, 4.69) is 16.6 Å². The van der Waals surface area contributed by atoms with Gasteiger partial charge < -0.3 is 9.47 Å². The number of nitrogens with zero attached hydrogens (tertiary/aromatic N) is 1. The van der Waals surface area contributed by atoms with E-state index in [4.69, 9.17) is 4.74 Å². The van der Waals surface area contributed by atoms with Gasteiger partial charge in [-0.25, -0.2) is 4.79 Å². The Labute approximate surface area is 121 Å². The van der Waals surface area contributed by atoms with Crippen molar-refractivity contribution in [2.24, 2.45) is 0 Å². The highest BCUT2D eigenvalue weighted by molar-refractivity contribution is 5.88. The molecule has 1 heterocycles. The number of methoxy groups -OCH3 is 1. The average Bonchev–Trinajstić information content (AvgIpc) is 2.50. The molecule has 1 aromatic heterocycles. The maximum Gasteiger partial charge on any atom is 0.339 e. The lowest BCUT2D eigenvalue weighted by molar-refractivity contribution is 0.0600. The molecule has 0 saturated carbocycles. The molecule has 20 heavy (non-hydrogen) atoms. The standard InChI is InChI=1S/C16H25NO3/c1-3-4-5-6-7-8-11-20-13-15-10-9-14(12-17-15)16(18)19-2/h9-10,12H,3-8,11,13H2,1-2H3. The highest BCUT2D eigenvalue weighted by Gasteiger charge is 2.05. The number of carbonyl (C=O) groups excluding carboxylic acids is 1. The zero-order valence-electron chi connectivity index (χ0n) is 12.6. The average molecular weight is 279 g/mol. The second-order valence-corrected chi connectivity index (χ2v) is 4.85. The maximum absolute atomic E-state index is 11.2. The number of hydrogen-bond acceptors (Lipinski definition) is 4. The van der Waals surface area contributed by atoms with Crippen LogP contribution in [0.25, 0.3) is 0 Å². The molecule has 0 saturated heterocycles. The molecule has 0 aliphatic carbocycles. The van der Waals surface area contributed by atoms with Gasteiger partial charge >= 0.3 is 5.97 Å². The molecular weight excluding hydrogens is 254 g/mol. The van der Waals surface area contributed by atoms with E-state index in [-0.39, 0.29) is 5.97 Å². The van der Waals surface area contributed by atoms with Crippen molar-refractivity contribution in [3.63, 3.8) is 0 Å². The van der Waals surface area contributed by atoms with Crippen molar-refractivity contribution in [2.45, 2.75) is 52.1 Å². The molecule has 0 radical (unpaired) electrons. The molecule has 0 fully saturated rings. The second-order valence-electron chi connectivity index (χ2n) is 4.85. The molecule has 0 unspecified atom stereocenters. The Morgan fingerprint density at radius 2 is 1.90 bits per heavy atom. The summed E-state index contributed by atoms with van der Waals surface area (Å²) in [6.45, 7) is 3.49. The Morgan fingerprint density at radius 1 is 1.15 bits per heavy atom. The molecule has 112 valence electrons. The van der Waals surface area contributed by atoms with Crippen LogP contribution in [0.2, 0.25) is 0 Å². The molecule has 0 aliphatic heterocycles. The number of hydrogen-bond donors (Lipinski definition) is 0. The highest BCUT2D eigenvalue weighted by Crippen LogP contribution is 2.06. The second kappa shape index (κ2) is 10.4. The Morgan fingerprint density at radius 3 is 2.55 bits per heavy atom. The number of aromatic nitrogens is 1. The summed E-state index contributed by atoms with van der Waals surface area (Å²) in [5.74, 6) is -0.364. The predicted octanol–water partition coefficient (Wildman–Crippen LogP) is 3.75. The van der Waals surface area contributed by atoms with Crippen LogP contribution in [0.15, 0.2) is 18.3 Å². The first-order chi connectivity index (χ1) is 9.77. The molecule has 0 amide bonds. The zero-order chi connectivity index (χ0) is 14.6. The molecule has 0 aliphatic rings. The van der Waals surface area contributed by atoms with Gasteiger partial charge in [0.05, 0.1) is 25.0 Å². The molecular formula is C16H25NO3. The van der Waals surface area contributed by atoms with Crippen LogP contribution in [0.4, 0.5) is 0 Å². The summed E-state index contributed by atoms with van der Waals surface area (Å²) in [4.78, 5) is 15.4. The van der Waals surface area contributed by atoms with E-state index >= 15 is 0 Å². The SMILES string of the molecule is CCCCCCCCOCc1ccc(C(=O)OC)cn1. The third-order valence-corrected chi connectivity index (χ3v) is 3.14. The van der Waals surface area contributed by atoms with Gasteiger partial charge in [0.15, 0.2) is 0 Å². The molecule has 0 atom stereocenters. The smallest absolute Gasteiger partial charge is 0.339 e. The van der Waals surface area contributed by atoms with E-state index in [0.29, 0.717) is 12.2 Å². The number of carbonyl (C=O) groups is 1. The molecule has 0 N–H and O–H groups in total. The van der Waals surface area contributed by atoms with Gasteiger partial charge in [-0.2, -0.15) is 0 Å². The van der Waals surface area contributed by atoms with Crippen LogP contribution in [0.1, 0.15) is 61.5 Å². The zero-order valence-corrected chi connectivity index (χ0v) is 12.6. The number of esters is 1. The van der Waals surface area contributed by atoms with Crippen molar-refractivity contribution in [2.75, 3.05) is 13.7 Å². The molecule has 4 nitrogen and oxygen atoms in total. The molecule has 0 bridgehead atoms. The van der Waals surface area contributed by atoms with Gasteiger partial charge in [0.25, 0.3) is 0 Å². The first-order valence-electron chi connectivity index (χ1n) is 7.39. The summed E-state index contributed by atoms with van der Waals surface area (Å²) in [7, 11) is 1.36. The number of unbranched alkanes of at least 4 members (excludes halogenated alkanes) is 5. The van der Waals surface area contributed by atoms with E-state index in [0.717, 1.165) is 18.7 Å².